The molecule has 0 atom stereocenters. The first kappa shape index (κ1) is 18.1. The Morgan fingerprint density at radius 3 is 2.36 bits per heavy atom. The van der Waals surface area contributed by atoms with Crippen LogP contribution in [0.5, 0.6) is 0 Å². The minimum atomic E-state index is 0.704. The smallest absolute Gasteiger partial charge is 0.154 e. The van der Waals surface area contributed by atoms with Crippen molar-refractivity contribution in [2.24, 2.45) is 0 Å². The summed E-state index contributed by atoms with van der Waals surface area (Å²) >= 11 is 0. The Balaban J connectivity index is 1.77. The zero-order chi connectivity index (χ0) is 19.3. The van der Waals surface area contributed by atoms with Crippen molar-refractivity contribution in [1.29, 1.82) is 0 Å². The summed E-state index contributed by atoms with van der Waals surface area (Å²) in [7, 11) is 1.95. The van der Waals surface area contributed by atoms with Crippen LogP contribution in [0.3, 0.4) is 0 Å². The second-order valence-electron chi connectivity index (χ2n) is 6.92. The predicted molar refractivity (Wildman–Crippen MR) is 120 cm³/mol. The number of hydrogen-bond acceptors (Lipinski definition) is 4. The fourth-order valence-corrected chi connectivity index (χ4v) is 3.20. The van der Waals surface area contributed by atoms with Gasteiger partial charge < -0.3 is 10.6 Å². The van der Waals surface area contributed by atoms with Crippen molar-refractivity contribution in [3.8, 4) is 0 Å². The molecule has 2 N–H and O–H groups in total. The number of hydrogen-bond donors (Lipinski definition) is 2. The van der Waals surface area contributed by atoms with Crippen molar-refractivity contribution in [2.45, 2.75) is 6.92 Å². The Morgan fingerprint density at radius 2 is 1.61 bits per heavy atom. The Morgan fingerprint density at radius 1 is 0.857 bits per heavy atom. The second kappa shape index (κ2) is 8.19. The topological polar surface area (TPSA) is 49.8 Å². The van der Waals surface area contributed by atoms with Crippen LogP contribution in [-0.4, -0.2) is 30.1 Å². The van der Waals surface area contributed by atoms with Gasteiger partial charge in [0.2, 0.25) is 0 Å². The van der Waals surface area contributed by atoms with E-state index in [0.717, 1.165) is 35.4 Å². The van der Waals surface area contributed by atoms with Crippen molar-refractivity contribution in [3.63, 3.8) is 0 Å². The van der Waals surface area contributed by atoms with Crippen molar-refractivity contribution >= 4 is 39.6 Å². The van der Waals surface area contributed by atoms with Gasteiger partial charge in [0.25, 0.3) is 0 Å². The van der Waals surface area contributed by atoms with Crippen molar-refractivity contribution in [3.05, 3.63) is 77.6 Å². The molecule has 0 saturated heterocycles. The average Bonchev–Trinajstić information content (AvgIpc) is 2.72. The fraction of sp³-hybridized carbons (Fsp3) is 0.167. The summed E-state index contributed by atoms with van der Waals surface area (Å²) in [4.78, 5) is 9.57. The van der Waals surface area contributed by atoms with E-state index in [1.54, 1.807) is 0 Å². The first-order valence-corrected chi connectivity index (χ1v) is 9.57. The zero-order valence-electron chi connectivity index (χ0n) is 16.2. The largest absolute Gasteiger partial charge is 0.368 e. The lowest BCUT2D eigenvalue weighted by Gasteiger charge is -2.11. The normalized spacial score (nSPS) is 11.5. The molecule has 3 aromatic carbocycles. The lowest BCUT2D eigenvalue weighted by molar-refractivity contribution is 0.821. The Bertz CT molecular complexity index is 1130. The highest BCUT2D eigenvalue weighted by Crippen LogP contribution is 2.26. The molecule has 0 amide bonds. The average molecular weight is 368 g/mol. The van der Waals surface area contributed by atoms with E-state index in [4.69, 9.17) is 9.97 Å². The molecule has 4 nitrogen and oxygen atoms in total. The van der Waals surface area contributed by atoms with Gasteiger partial charge in [-0.1, -0.05) is 60.2 Å². The third-order valence-electron chi connectivity index (χ3n) is 4.75. The number of rotatable bonds is 6. The van der Waals surface area contributed by atoms with Crippen LogP contribution in [-0.2, 0) is 0 Å². The van der Waals surface area contributed by atoms with Crippen LogP contribution in [0.25, 0.3) is 33.8 Å². The van der Waals surface area contributed by atoms with Gasteiger partial charge in [-0.25, -0.2) is 9.97 Å². The Labute approximate surface area is 165 Å². The highest BCUT2D eigenvalue weighted by molar-refractivity contribution is 6.01. The minimum Gasteiger partial charge on any atom is -0.368 e. The van der Waals surface area contributed by atoms with Gasteiger partial charge in [0.1, 0.15) is 5.82 Å². The maximum Gasteiger partial charge on any atom is 0.154 e. The first-order valence-electron chi connectivity index (χ1n) is 9.57. The SMILES string of the molecule is CNCCNc1nc(/C=C/c2ccc(C)cc2)nc2cc3ccccc3cc12. The maximum atomic E-state index is 4.79. The van der Waals surface area contributed by atoms with E-state index < -0.39 is 0 Å². The molecule has 0 radical (unpaired) electrons. The van der Waals surface area contributed by atoms with E-state index in [1.165, 1.54) is 16.3 Å². The van der Waals surface area contributed by atoms with Gasteiger partial charge in [-0.05, 0) is 48.5 Å². The molecule has 0 fully saturated rings. The van der Waals surface area contributed by atoms with Gasteiger partial charge in [-0.15, -0.1) is 0 Å². The fourth-order valence-electron chi connectivity index (χ4n) is 3.20. The first-order chi connectivity index (χ1) is 13.7. The molecule has 0 saturated carbocycles. The summed E-state index contributed by atoms with van der Waals surface area (Å²) in [5.41, 5.74) is 3.34. The van der Waals surface area contributed by atoms with E-state index in [9.17, 15) is 0 Å². The van der Waals surface area contributed by atoms with Crippen LogP contribution in [0.4, 0.5) is 5.82 Å². The summed E-state index contributed by atoms with van der Waals surface area (Å²) in [6, 6.07) is 21.1. The van der Waals surface area contributed by atoms with E-state index in [0.29, 0.717) is 5.82 Å². The number of nitrogens with one attached hydrogen (secondary N) is 2. The molecule has 0 aliphatic carbocycles. The number of anilines is 1. The molecular formula is C24H24N4. The second-order valence-corrected chi connectivity index (χ2v) is 6.92. The summed E-state index contributed by atoms with van der Waals surface area (Å²) in [5.74, 6) is 1.57. The molecule has 1 aromatic heterocycles. The highest BCUT2D eigenvalue weighted by Gasteiger charge is 2.08. The van der Waals surface area contributed by atoms with Crippen LogP contribution in [0.1, 0.15) is 17.0 Å². The van der Waals surface area contributed by atoms with Gasteiger partial charge in [-0.3, -0.25) is 0 Å². The minimum absolute atomic E-state index is 0.704. The molecule has 28 heavy (non-hydrogen) atoms. The molecule has 0 unspecified atom stereocenters. The van der Waals surface area contributed by atoms with Gasteiger partial charge in [0, 0.05) is 18.5 Å². The molecule has 0 bridgehead atoms. The summed E-state index contributed by atoms with van der Waals surface area (Å²) < 4.78 is 0. The molecule has 140 valence electrons. The lowest BCUT2D eigenvalue weighted by Crippen LogP contribution is -2.18. The molecule has 0 spiro atoms. The van der Waals surface area contributed by atoms with Crippen LogP contribution >= 0.6 is 0 Å². The van der Waals surface area contributed by atoms with Crippen LogP contribution in [0, 0.1) is 6.92 Å². The number of nitrogens with zero attached hydrogens (tertiary/aromatic N) is 2. The van der Waals surface area contributed by atoms with Gasteiger partial charge in [0.05, 0.1) is 5.52 Å². The number of fused-ring (bicyclic) bond motifs is 2. The van der Waals surface area contributed by atoms with E-state index in [-0.39, 0.29) is 0 Å². The number of likely N-dealkylation sites (N-methyl/N-ethyl adjacent to an activating group) is 1. The molecule has 0 aliphatic rings. The quantitative estimate of drug-likeness (QED) is 0.376. The zero-order valence-corrected chi connectivity index (χ0v) is 16.2. The maximum absolute atomic E-state index is 4.79. The van der Waals surface area contributed by atoms with Gasteiger partial charge >= 0.3 is 0 Å². The molecule has 4 heteroatoms. The van der Waals surface area contributed by atoms with E-state index >= 15 is 0 Å². The Kier molecular flexibility index (Phi) is 5.31. The molecule has 4 aromatic rings. The van der Waals surface area contributed by atoms with E-state index in [1.807, 2.05) is 13.1 Å². The molecule has 0 aliphatic heterocycles. The molecule has 1 heterocycles. The van der Waals surface area contributed by atoms with Crippen molar-refractivity contribution in [1.82, 2.24) is 15.3 Å². The van der Waals surface area contributed by atoms with Crippen LogP contribution in [0.15, 0.2) is 60.7 Å². The third-order valence-corrected chi connectivity index (χ3v) is 4.75. The summed E-state index contributed by atoms with van der Waals surface area (Å²) in [6.45, 7) is 3.76. The van der Waals surface area contributed by atoms with Gasteiger partial charge in [-0.2, -0.15) is 0 Å². The predicted octanol–water partition coefficient (Wildman–Crippen LogP) is 4.89. The number of aryl methyl sites for hydroxylation is 1. The van der Waals surface area contributed by atoms with Crippen LogP contribution in [0.2, 0.25) is 0 Å². The van der Waals surface area contributed by atoms with Crippen LogP contribution < -0.4 is 10.6 Å². The number of aromatic nitrogens is 2. The Hall–Kier alpha value is -3.24. The third kappa shape index (κ3) is 4.02. The van der Waals surface area contributed by atoms with Crippen molar-refractivity contribution in [2.75, 3.05) is 25.5 Å². The summed E-state index contributed by atoms with van der Waals surface area (Å²) in [6.07, 6.45) is 4.03. The van der Waals surface area contributed by atoms with Gasteiger partial charge in [0.15, 0.2) is 5.82 Å². The monoisotopic (exact) mass is 368 g/mol. The van der Waals surface area contributed by atoms with Crippen molar-refractivity contribution < 1.29 is 0 Å². The van der Waals surface area contributed by atoms with E-state index in [2.05, 4.69) is 84.3 Å². The lowest BCUT2D eigenvalue weighted by atomic mass is 10.1. The standard InChI is InChI=1S/C24H24N4/c1-17-7-9-18(10-8-17)11-12-23-27-22-16-20-6-4-3-5-19(20)15-21(22)24(28-23)26-14-13-25-2/h3-12,15-16,25H,13-14H2,1-2H3,(H,26,27,28)/b12-11+. The molecular weight excluding hydrogens is 344 g/mol. The molecule has 4 rings (SSSR count). The number of benzene rings is 3. The summed E-state index contributed by atoms with van der Waals surface area (Å²) in [5, 5.41) is 10.0. The highest BCUT2D eigenvalue weighted by atomic mass is 15.0.